The minimum atomic E-state index is -0.127. The fourth-order valence-corrected chi connectivity index (χ4v) is 4.15. The fraction of sp³-hybridized carbons (Fsp3) is 0.179. The van der Waals surface area contributed by atoms with Crippen molar-refractivity contribution < 1.29 is 19.0 Å². The lowest BCUT2D eigenvalue weighted by Gasteiger charge is -2.11. The molecule has 0 N–H and O–H groups in total. The third-order valence-electron chi connectivity index (χ3n) is 6.07. The molecule has 0 unspecified atom stereocenters. The number of benzene rings is 3. The van der Waals surface area contributed by atoms with Crippen LogP contribution in [0.3, 0.4) is 0 Å². The predicted molar refractivity (Wildman–Crippen MR) is 129 cm³/mol. The van der Waals surface area contributed by atoms with E-state index >= 15 is 0 Å². The van der Waals surface area contributed by atoms with Crippen molar-refractivity contribution in [2.75, 3.05) is 7.11 Å². The lowest BCUT2D eigenvalue weighted by atomic mass is 10.1. The molecule has 1 aromatic heterocycles. The van der Waals surface area contributed by atoms with Gasteiger partial charge in [-0.15, -0.1) is 0 Å². The van der Waals surface area contributed by atoms with Gasteiger partial charge in [-0.25, -0.2) is 0 Å². The lowest BCUT2D eigenvalue weighted by molar-refractivity contribution is 0.101. The van der Waals surface area contributed by atoms with Crippen LogP contribution in [-0.4, -0.2) is 17.5 Å². The van der Waals surface area contributed by atoms with Crippen LogP contribution >= 0.6 is 0 Å². The number of hydrogen-bond acceptors (Lipinski definition) is 4. The first kappa shape index (κ1) is 20.9. The summed E-state index contributed by atoms with van der Waals surface area (Å²) in [5.41, 5.74) is 5.62. The Hall–Kier alpha value is -3.99. The van der Waals surface area contributed by atoms with Crippen LogP contribution in [0, 0.1) is 13.8 Å². The van der Waals surface area contributed by atoms with Gasteiger partial charge in [-0.3, -0.25) is 4.79 Å². The highest BCUT2D eigenvalue weighted by Crippen LogP contribution is 2.40. The van der Waals surface area contributed by atoms with E-state index in [0.717, 1.165) is 33.3 Å². The van der Waals surface area contributed by atoms with Crippen molar-refractivity contribution >= 4 is 22.8 Å². The van der Waals surface area contributed by atoms with Crippen molar-refractivity contribution in [2.24, 2.45) is 7.05 Å². The van der Waals surface area contributed by atoms with Gasteiger partial charge in [-0.1, -0.05) is 29.8 Å². The minimum absolute atomic E-state index is 0.127. The fourth-order valence-electron chi connectivity index (χ4n) is 4.15. The van der Waals surface area contributed by atoms with Gasteiger partial charge in [0.2, 0.25) is 5.78 Å². The highest BCUT2D eigenvalue weighted by atomic mass is 16.5. The largest absolute Gasteiger partial charge is 0.497 e. The highest BCUT2D eigenvalue weighted by molar-refractivity contribution is 6.15. The standard InChI is InChI=1S/C28H25NO4/c1-17-5-7-19(8-6-17)16-32-25-12-10-22-27(30)26(33-28(22)18(25)2)13-20-15-29(3)24-11-9-21(31-4)14-23(20)24/h5-15H,16H2,1-4H3/b26-13-. The number of rotatable bonds is 5. The number of carbonyl (C=O) groups is 1. The van der Waals surface area contributed by atoms with E-state index in [9.17, 15) is 4.79 Å². The molecule has 5 nitrogen and oxygen atoms in total. The van der Waals surface area contributed by atoms with Gasteiger partial charge in [-0.2, -0.15) is 0 Å². The number of carbonyl (C=O) groups excluding carboxylic acids is 1. The maximum absolute atomic E-state index is 13.1. The number of aryl methyl sites for hydroxylation is 2. The Morgan fingerprint density at radius 2 is 1.82 bits per heavy atom. The monoisotopic (exact) mass is 439 g/mol. The third-order valence-corrected chi connectivity index (χ3v) is 6.07. The summed E-state index contributed by atoms with van der Waals surface area (Å²) in [7, 11) is 3.62. The van der Waals surface area contributed by atoms with Gasteiger partial charge in [0, 0.05) is 35.3 Å². The Morgan fingerprint density at radius 1 is 1.03 bits per heavy atom. The van der Waals surface area contributed by atoms with Crippen molar-refractivity contribution in [3.63, 3.8) is 0 Å². The zero-order valence-corrected chi connectivity index (χ0v) is 19.1. The summed E-state index contributed by atoms with van der Waals surface area (Å²) in [5, 5.41) is 0.996. The molecule has 4 aromatic rings. The molecule has 166 valence electrons. The second-order valence-electron chi connectivity index (χ2n) is 8.36. The van der Waals surface area contributed by atoms with E-state index in [1.807, 2.05) is 49.0 Å². The zero-order valence-electron chi connectivity index (χ0n) is 19.1. The normalized spacial score (nSPS) is 13.9. The van der Waals surface area contributed by atoms with Crippen molar-refractivity contribution in [2.45, 2.75) is 20.5 Å². The molecule has 0 atom stereocenters. The van der Waals surface area contributed by atoms with Crippen molar-refractivity contribution in [3.8, 4) is 17.2 Å². The predicted octanol–water partition coefficient (Wildman–Crippen LogP) is 6.00. The molecule has 0 bridgehead atoms. The molecule has 5 rings (SSSR count). The summed E-state index contributed by atoms with van der Waals surface area (Å²) >= 11 is 0. The first-order valence-corrected chi connectivity index (χ1v) is 10.8. The van der Waals surface area contributed by atoms with E-state index in [-0.39, 0.29) is 5.78 Å². The summed E-state index contributed by atoms with van der Waals surface area (Å²) in [6.45, 7) is 4.43. The van der Waals surface area contributed by atoms with Gasteiger partial charge < -0.3 is 18.8 Å². The van der Waals surface area contributed by atoms with Gasteiger partial charge in [0.25, 0.3) is 0 Å². The Kier molecular flexibility index (Phi) is 5.17. The SMILES string of the molecule is COc1ccc2c(c1)c(/C=C1\Oc3c(ccc(OCc4ccc(C)cc4)c3C)C1=O)cn2C. The van der Waals surface area contributed by atoms with Gasteiger partial charge in [-0.05, 0) is 55.8 Å². The number of nitrogens with zero attached hydrogens (tertiary/aromatic N) is 1. The van der Waals surface area contributed by atoms with Crippen LogP contribution in [0.5, 0.6) is 17.2 Å². The highest BCUT2D eigenvalue weighted by Gasteiger charge is 2.30. The molecule has 3 aromatic carbocycles. The van der Waals surface area contributed by atoms with Crippen LogP contribution in [0.1, 0.15) is 32.6 Å². The maximum Gasteiger partial charge on any atom is 0.231 e. The molecule has 0 saturated heterocycles. The molecule has 0 amide bonds. The van der Waals surface area contributed by atoms with Crippen LogP contribution in [0.15, 0.2) is 66.6 Å². The molecule has 0 fully saturated rings. The molecular weight excluding hydrogens is 414 g/mol. The van der Waals surface area contributed by atoms with Crippen LogP contribution in [0.2, 0.25) is 0 Å². The maximum atomic E-state index is 13.1. The van der Waals surface area contributed by atoms with Crippen molar-refractivity contribution in [1.82, 2.24) is 4.57 Å². The lowest BCUT2D eigenvalue weighted by Crippen LogP contribution is -1.98. The van der Waals surface area contributed by atoms with Crippen molar-refractivity contribution in [1.29, 1.82) is 0 Å². The first-order valence-electron chi connectivity index (χ1n) is 10.8. The van der Waals surface area contributed by atoms with E-state index in [1.165, 1.54) is 5.56 Å². The molecule has 0 spiro atoms. The number of ether oxygens (including phenoxy) is 3. The molecule has 0 radical (unpaired) electrons. The number of allylic oxidation sites excluding steroid dienone is 1. The van der Waals surface area contributed by atoms with Crippen LogP contribution in [0.4, 0.5) is 0 Å². The van der Waals surface area contributed by atoms with E-state index in [0.29, 0.717) is 29.4 Å². The smallest absolute Gasteiger partial charge is 0.231 e. The summed E-state index contributed by atoms with van der Waals surface area (Å²) in [5.74, 6) is 2.21. The number of fused-ring (bicyclic) bond motifs is 2. The first-order chi connectivity index (χ1) is 15.9. The van der Waals surface area contributed by atoms with E-state index < -0.39 is 0 Å². The second-order valence-corrected chi connectivity index (χ2v) is 8.36. The quantitative estimate of drug-likeness (QED) is 0.358. The average Bonchev–Trinajstić information content (AvgIpc) is 3.31. The Bertz CT molecular complexity index is 1410. The van der Waals surface area contributed by atoms with Crippen molar-refractivity contribution in [3.05, 3.63) is 94.4 Å². The summed E-state index contributed by atoms with van der Waals surface area (Å²) < 4.78 is 19.5. The summed E-state index contributed by atoms with van der Waals surface area (Å²) in [4.78, 5) is 13.1. The average molecular weight is 440 g/mol. The topological polar surface area (TPSA) is 49.7 Å². The Labute approximate surface area is 192 Å². The van der Waals surface area contributed by atoms with Gasteiger partial charge in [0.15, 0.2) is 5.76 Å². The Morgan fingerprint density at radius 3 is 2.58 bits per heavy atom. The molecule has 0 aliphatic carbocycles. The molecule has 2 heterocycles. The van der Waals surface area contributed by atoms with Crippen LogP contribution < -0.4 is 14.2 Å². The summed E-state index contributed by atoms with van der Waals surface area (Å²) in [6.07, 6.45) is 3.79. The van der Waals surface area contributed by atoms with E-state index in [4.69, 9.17) is 14.2 Å². The van der Waals surface area contributed by atoms with Gasteiger partial charge in [0.1, 0.15) is 23.9 Å². The van der Waals surface area contributed by atoms with E-state index in [1.54, 1.807) is 19.3 Å². The van der Waals surface area contributed by atoms with Gasteiger partial charge >= 0.3 is 0 Å². The number of ketones is 1. The molecule has 1 aliphatic heterocycles. The summed E-state index contributed by atoms with van der Waals surface area (Å²) in [6, 6.07) is 17.8. The van der Waals surface area contributed by atoms with Crippen LogP contribution in [0.25, 0.3) is 17.0 Å². The number of methoxy groups -OCH3 is 1. The molecular formula is C28H25NO4. The molecule has 1 aliphatic rings. The molecule has 5 heteroatoms. The van der Waals surface area contributed by atoms with Crippen LogP contribution in [-0.2, 0) is 13.7 Å². The Balaban J connectivity index is 1.44. The minimum Gasteiger partial charge on any atom is -0.497 e. The number of hydrogen-bond donors (Lipinski definition) is 0. The zero-order chi connectivity index (χ0) is 23.1. The number of Topliss-reactive ketones (excluding diaryl/α,β-unsaturated/α-hetero) is 1. The number of aromatic nitrogens is 1. The van der Waals surface area contributed by atoms with E-state index in [2.05, 4.69) is 31.2 Å². The van der Waals surface area contributed by atoms with Gasteiger partial charge in [0.05, 0.1) is 12.7 Å². The third kappa shape index (κ3) is 3.76. The molecule has 0 saturated carbocycles. The molecule has 33 heavy (non-hydrogen) atoms. The second kappa shape index (κ2) is 8.17.